The minimum Gasteiger partial charge on any atom is -0.480 e. The van der Waals surface area contributed by atoms with E-state index in [2.05, 4.69) is 0 Å². The highest BCUT2D eigenvalue weighted by molar-refractivity contribution is 5.87. The van der Waals surface area contributed by atoms with E-state index in [0.29, 0.717) is 26.1 Å². The van der Waals surface area contributed by atoms with Crippen LogP contribution >= 0.6 is 0 Å². The highest BCUT2D eigenvalue weighted by Crippen LogP contribution is 2.44. The Labute approximate surface area is 160 Å². The van der Waals surface area contributed by atoms with E-state index in [1.165, 1.54) is 11.8 Å². The van der Waals surface area contributed by atoms with E-state index >= 15 is 0 Å². The Morgan fingerprint density at radius 3 is 2.19 bits per heavy atom. The van der Waals surface area contributed by atoms with E-state index in [1.807, 2.05) is 49.1 Å². The third-order valence-electron chi connectivity index (χ3n) is 6.34. The number of carbonyl (C=O) groups excluding carboxylic acids is 2. The van der Waals surface area contributed by atoms with E-state index in [0.717, 1.165) is 18.4 Å². The lowest BCUT2D eigenvalue weighted by Gasteiger charge is -2.42. The first-order chi connectivity index (χ1) is 12.7. The second-order valence-corrected chi connectivity index (χ2v) is 8.49. The summed E-state index contributed by atoms with van der Waals surface area (Å²) in [5, 5.41) is 9.46. The fourth-order valence-electron chi connectivity index (χ4n) is 4.53. The number of aliphatic carboxylic acids is 1. The van der Waals surface area contributed by atoms with Gasteiger partial charge in [0.25, 0.3) is 0 Å². The van der Waals surface area contributed by atoms with E-state index in [-0.39, 0.29) is 17.2 Å². The van der Waals surface area contributed by atoms with Gasteiger partial charge >= 0.3 is 5.97 Å². The first kappa shape index (κ1) is 19.4. The monoisotopic (exact) mass is 372 g/mol. The lowest BCUT2D eigenvalue weighted by atomic mass is 9.75. The Hall–Kier alpha value is -2.37. The molecule has 27 heavy (non-hydrogen) atoms. The van der Waals surface area contributed by atoms with E-state index in [4.69, 9.17) is 0 Å². The molecular formula is C21H28N2O4. The predicted molar refractivity (Wildman–Crippen MR) is 101 cm³/mol. The van der Waals surface area contributed by atoms with Gasteiger partial charge in [-0.1, -0.05) is 30.3 Å². The van der Waals surface area contributed by atoms with Crippen LogP contribution in [0.2, 0.25) is 0 Å². The molecule has 1 spiro atoms. The maximum Gasteiger partial charge on any atom is 0.326 e. The van der Waals surface area contributed by atoms with Gasteiger partial charge in [-0.3, -0.25) is 9.59 Å². The minimum absolute atomic E-state index is 0.0970. The number of hydrogen-bond donors (Lipinski definition) is 1. The van der Waals surface area contributed by atoms with Crippen molar-refractivity contribution in [3.8, 4) is 0 Å². The summed E-state index contributed by atoms with van der Waals surface area (Å²) in [5.41, 5.74) is 0.198. The zero-order valence-corrected chi connectivity index (χ0v) is 16.3. The molecular weight excluding hydrogens is 344 g/mol. The zero-order chi connectivity index (χ0) is 19.8. The first-order valence-corrected chi connectivity index (χ1v) is 9.51. The van der Waals surface area contributed by atoms with Crippen molar-refractivity contribution in [2.24, 2.45) is 5.41 Å². The van der Waals surface area contributed by atoms with Gasteiger partial charge in [0.05, 0.1) is 5.41 Å². The van der Waals surface area contributed by atoms with Gasteiger partial charge < -0.3 is 14.9 Å². The Morgan fingerprint density at radius 2 is 1.70 bits per heavy atom. The third-order valence-corrected chi connectivity index (χ3v) is 6.34. The molecule has 1 atom stereocenters. The molecule has 0 radical (unpaired) electrons. The molecule has 2 aliphatic rings. The molecule has 2 heterocycles. The second-order valence-electron chi connectivity index (χ2n) is 8.49. The number of carboxylic acid groups (broad SMARTS) is 1. The number of hydrogen-bond acceptors (Lipinski definition) is 3. The van der Waals surface area contributed by atoms with Crippen molar-refractivity contribution in [2.45, 2.75) is 51.5 Å². The van der Waals surface area contributed by atoms with Gasteiger partial charge in [0.2, 0.25) is 11.8 Å². The topological polar surface area (TPSA) is 77.9 Å². The van der Waals surface area contributed by atoms with Gasteiger partial charge in [-0.05, 0) is 44.1 Å². The molecule has 146 valence electrons. The lowest BCUT2D eigenvalue weighted by molar-refractivity contribution is -0.147. The number of carbonyl (C=O) groups is 3. The van der Waals surface area contributed by atoms with Crippen LogP contribution in [0.25, 0.3) is 0 Å². The number of carboxylic acids is 1. The summed E-state index contributed by atoms with van der Waals surface area (Å²) in [7, 11) is 0. The Bertz CT molecular complexity index is 712. The van der Waals surface area contributed by atoms with Gasteiger partial charge in [-0.2, -0.15) is 0 Å². The standard InChI is InChI=1S/C21H28N2O4/c1-15(24)23-14-21(13-17(23)18(25)26)9-11-22(12-10-21)19(27)20(2,3)16-7-5-4-6-8-16/h4-8,17H,9-14H2,1-3H3,(H,25,26)/t17-/m1/s1. The molecule has 0 aromatic heterocycles. The lowest BCUT2D eigenvalue weighted by Crippen LogP contribution is -2.50. The van der Waals surface area contributed by atoms with Crippen LogP contribution < -0.4 is 0 Å². The van der Waals surface area contributed by atoms with Crippen molar-refractivity contribution in [1.82, 2.24) is 9.80 Å². The Kier molecular flexibility index (Phi) is 5.02. The fourth-order valence-corrected chi connectivity index (χ4v) is 4.53. The second kappa shape index (κ2) is 6.98. The highest BCUT2D eigenvalue weighted by Gasteiger charge is 2.50. The Balaban J connectivity index is 1.69. The van der Waals surface area contributed by atoms with Crippen molar-refractivity contribution in [3.63, 3.8) is 0 Å². The average molecular weight is 372 g/mol. The summed E-state index contributed by atoms with van der Waals surface area (Å²) in [6, 6.07) is 9.03. The maximum atomic E-state index is 13.1. The van der Waals surface area contributed by atoms with E-state index in [9.17, 15) is 19.5 Å². The fraction of sp³-hybridized carbons (Fsp3) is 0.571. The molecule has 6 nitrogen and oxygen atoms in total. The van der Waals surface area contributed by atoms with Gasteiger partial charge in [0.1, 0.15) is 6.04 Å². The number of likely N-dealkylation sites (tertiary alicyclic amines) is 2. The van der Waals surface area contributed by atoms with Crippen LogP contribution in [0.4, 0.5) is 0 Å². The summed E-state index contributed by atoms with van der Waals surface area (Å²) in [6.07, 6.45) is 1.94. The number of nitrogens with zero attached hydrogens (tertiary/aromatic N) is 2. The molecule has 0 unspecified atom stereocenters. The summed E-state index contributed by atoms with van der Waals surface area (Å²) < 4.78 is 0. The summed E-state index contributed by atoms with van der Waals surface area (Å²) in [5.74, 6) is -1.03. The highest BCUT2D eigenvalue weighted by atomic mass is 16.4. The van der Waals surface area contributed by atoms with Gasteiger partial charge in [0, 0.05) is 26.6 Å². The molecule has 1 N–H and O–H groups in total. The Morgan fingerprint density at radius 1 is 1.11 bits per heavy atom. The van der Waals surface area contributed by atoms with E-state index < -0.39 is 17.4 Å². The molecule has 1 aromatic rings. The van der Waals surface area contributed by atoms with Crippen LogP contribution in [0.15, 0.2) is 30.3 Å². The number of amides is 2. The molecule has 0 aliphatic carbocycles. The predicted octanol–water partition coefficient (Wildman–Crippen LogP) is 2.28. The van der Waals surface area contributed by atoms with Crippen LogP contribution in [0.1, 0.15) is 45.6 Å². The van der Waals surface area contributed by atoms with E-state index in [1.54, 1.807) is 0 Å². The zero-order valence-electron chi connectivity index (χ0n) is 16.3. The van der Waals surface area contributed by atoms with Crippen LogP contribution in [-0.2, 0) is 19.8 Å². The maximum absolute atomic E-state index is 13.1. The van der Waals surface area contributed by atoms with Crippen molar-refractivity contribution in [1.29, 1.82) is 0 Å². The van der Waals surface area contributed by atoms with Crippen molar-refractivity contribution >= 4 is 17.8 Å². The number of benzene rings is 1. The molecule has 2 aliphatic heterocycles. The summed E-state index contributed by atoms with van der Waals surface area (Å²) >= 11 is 0. The van der Waals surface area contributed by atoms with Crippen LogP contribution in [0, 0.1) is 5.41 Å². The average Bonchev–Trinajstić information content (AvgIpc) is 3.02. The molecule has 1 aromatic carbocycles. The SMILES string of the molecule is CC(=O)N1CC2(CCN(C(=O)C(C)(C)c3ccccc3)CC2)C[C@@H]1C(=O)O. The smallest absolute Gasteiger partial charge is 0.326 e. The quantitative estimate of drug-likeness (QED) is 0.883. The van der Waals surface area contributed by atoms with Crippen molar-refractivity contribution in [2.75, 3.05) is 19.6 Å². The van der Waals surface area contributed by atoms with Crippen LogP contribution in [-0.4, -0.2) is 58.4 Å². The molecule has 6 heteroatoms. The molecule has 0 saturated carbocycles. The number of piperidine rings is 1. The normalized spacial score (nSPS) is 22.1. The first-order valence-electron chi connectivity index (χ1n) is 9.51. The number of rotatable bonds is 3. The summed E-state index contributed by atoms with van der Waals surface area (Å²) in [4.78, 5) is 39.9. The molecule has 2 amide bonds. The molecule has 0 bridgehead atoms. The largest absolute Gasteiger partial charge is 0.480 e. The molecule has 3 rings (SSSR count). The summed E-state index contributed by atoms with van der Waals surface area (Å²) in [6.45, 7) is 7.00. The molecule has 2 saturated heterocycles. The molecule has 2 fully saturated rings. The van der Waals surface area contributed by atoms with Gasteiger partial charge in [-0.25, -0.2) is 4.79 Å². The van der Waals surface area contributed by atoms with Gasteiger partial charge in [-0.15, -0.1) is 0 Å². The van der Waals surface area contributed by atoms with Crippen LogP contribution in [0.5, 0.6) is 0 Å². The third kappa shape index (κ3) is 3.57. The van der Waals surface area contributed by atoms with Crippen LogP contribution in [0.3, 0.4) is 0 Å². The minimum atomic E-state index is -0.939. The van der Waals surface area contributed by atoms with Crippen molar-refractivity contribution < 1.29 is 19.5 Å². The van der Waals surface area contributed by atoms with Crippen molar-refractivity contribution in [3.05, 3.63) is 35.9 Å². The van der Waals surface area contributed by atoms with Gasteiger partial charge in [0.15, 0.2) is 0 Å².